The van der Waals surface area contributed by atoms with Gasteiger partial charge >= 0.3 is 11.9 Å². The molecule has 2 aromatic heterocycles. The van der Waals surface area contributed by atoms with Gasteiger partial charge in [0.25, 0.3) is 11.2 Å². The van der Waals surface area contributed by atoms with Crippen LogP contribution in [-0.2, 0) is 26.0 Å². The molecule has 180 valence electrons. The smallest absolute Gasteiger partial charge is 0.280 e. The Morgan fingerprint density at radius 3 is 2.17 bits per heavy atom. The van der Waals surface area contributed by atoms with E-state index in [1.54, 1.807) is 0 Å². The Morgan fingerprint density at radius 2 is 1.60 bits per heavy atom. The highest BCUT2D eigenvalue weighted by molar-refractivity contribution is 7.98. The van der Waals surface area contributed by atoms with Crippen molar-refractivity contribution in [1.29, 1.82) is 0 Å². The predicted molar refractivity (Wildman–Crippen MR) is 123 cm³/mol. The van der Waals surface area contributed by atoms with Crippen molar-refractivity contribution < 1.29 is 18.1 Å². The van der Waals surface area contributed by atoms with E-state index in [2.05, 4.69) is 9.97 Å². The number of thioether (sulfide) groups is 1. The molecule has 0 unspecified atom stereocenters. The maximum absolute atomic E-state index is 12.9. The summed E-state index contributed by atoms with van der Waals surface area (Å²) in [6, 6.07) is 10.1. The number of nitro groups is 1. The quantitative estimate of drug-likeness (QED) is 0.176. The maximum Gasteiger partial charge on any atom is 0.416 e. The molecule has 0 bridgehead atoms. The molecule has 0 fully saturated rings. The van der Waals surface area contributed by atoms with Crippen molar-refractivity contribution in [2.75, 3.05) is 0 Å². The zero-order chi connectivity index (χ0) is 25.5. The van der Waals surface area contributed by atoms with Gasteiger partial charge in [-0.15, -0.1) is 11.8 Å². The largest absolute Gasteiger partial charge is 0.416 e. The molecule has 2 aromatic carbocycles. The number of halogens is 3. The summed E-state index contributed by atoms with van der Waals surface area (Å²) >= 11 is 1.10. The molecule has 0 saturated heterocycles. The fourth-order valence-corrected chi connectivity index (χ4v) is 4.31. The third-order valence-corrected chi connectivity index (χ3v) is 6.31. The number of nitro benzene ring substituents is 1. The molecule has 0 saturated carbocycles. The summed E-state index contributed by atoms with van der Waals surface area (Å²) in [7, 11) is 2.76. The molecule has 4 aromatic rings. The number of alkyl halides is 3. The van der Waals surface area contributed by atoms with E-state index in [0.29, 0.717) is 11.1 Å². The number of aryl methyl sites for hydroxylation is 1. The fourth-order valence-electron chi connectivity index (χ4n) is 3.34. The molecule has 0 aliphatic heterocycles. The number of nitrogens with zero attached hydrogens (tertiary/aromatic N) is 5. The van der Waals surface area contributed by atoms with Crippen molar-refractivity contribution in [2.45, 2.75) is 17.0 Å². The summed E-state index contributed by atoms with van der Waals surface area (Å²) < 4.78 is 40.7. The minimum atomic E-state index is -4.45. The van der Waals surface area contributed by atoms with Crippen LogP contribution < -0.4 is 11.2 Å². The third kappa shape index (κ3) is 4.67. The topological polar surface area (TPSA) is 113 Å². The molecular weight excluding hydrogens is 487 g/mol. The van der Waals surface area contributed by atoms with Crippen LogP contribution in [0.2, 0.25) is 0 Å². The molecular formula is C22H16F3N5O4S. The lowest BCUT2D eigenvalue weighted by atomic mass is 10.1. The SMILES string of the molecule is Cn1c(=O)c2c(SCc3ccc(C(F)(F)F)cc3)nc(-c3ccc([N+](=O)[O-])cc3)nc2n(C)c1=O. The second-order valence-corrected chi connectivity index (χ2v) is 8.51. The van der Waals surface area contributed by atoms with Crippen LogP contribution in [0.25, 0.3) is 22.4 Å². The monoisotopic (exact) mass is 503 g/mol. The van der Waals surface area contributed by atoms with Gasteiger partial charge in [-0.3, -0.25) is 24.0 Å². The molecule has 13 heteroatoms. The van der Waals surface area contributed by atoms with E-state index < -0.39 is 27.9 Å². The molecule has 4 rings (SSSR count). The van der Waals surface area contributed by atoms with Crippen LogP contribution in [0.1, 0.15) is 11.1 Å². The highest BCUT2D eigenvalue weighted by Gasteiger charge is 2.30. The first-order chi connectivity index (χ1) is 16.5. The summed E-state index contributed by atoms with van der Waals surface area (Å²) in [4.78, 5) is 44.6. The van der Waals surface area contributed by atoms with Gasteiger partial charge in [0.2, 0.25) is 0 Å². The third-order valence-electron chi connectivity index (χ3n) is 5.26. The van der Waals surface area contributed by atoms with Crippen LogP contribution in [0.15, 0.2) is 63.1 Å². The average molecular weight is 503 g/mol. The van der Waals surface area contributed by atoms with Crippen LogP contribution >= 0.6 is 11.8 Å². The lowest BCUT2D eigenvalue weighted by Gasteiger charge is -2.12. The molecule has 0 aliphatic carbocycles. The Balaban J connectivity index is 1.82. The van der Waals surface area contributed by atoms with Gasteiger partial charge in [0.05, 0.1) is 10.5 Å². The number of aromatic nitrogens is 4. The van der Waals surface area contributed by atoms with Crippen molar-refractivity contribution in [3.05, 3.63) is 90.6 Å². The minimum absolute atomic E-state index is 0.0661. The van der Waals surface area contributed by atoms with Crippen molar-refractivity contribution in [2.24, 2.45) is 14.1 Å². The summed E-state index contributed by atoms with van der Waals surface area (Å²) in [6.45, 7) is 0. The molecule has 0 aliphatic rings. The van der Waals surface area contributed by atoms with Gasteiger partial charge in [0.15, 0.2) is 11.5 Å². The normalized spacial score (nSPS) is 11.7. The first-order valence-corrected chi connectivity index (χ1v) is 11.0. The maximum atomic E-state index is 12.9. The Hall–Kier alpha value is -4.00. The van der Waals surface area contributed by atoms with E-state index in [0.717, 1.165) is 28.5 Å². The predicted octanol–water partition coefficient (Wildman–Crippen LogP) is 3.91. The Bertz CT molecular complexity index is 1560. The number of hydrogen-bond donors (Lipinski definition) is 0. The van der Waals surface area contributed by atoms with Gasteiger partial charge in [0.1, 0.15) is 10.4 Å². The van der Waals surface area contributed by atoms with Gasteiger partial charge in [-0.05, 0) is 29.8 Å². The van der Waals surface area contributed by atoms with E-state index >= 15 is 0 Å². The highest BCUT2D eigenvalue weighted by atomic mass is 32.2. The Morgan fingerprint density at radius 1 is 0.971 bits per heavy atom. The number of hydrogen-bond acceptors (Lipinski definition) is 7. The zero-order valence-electron chi connectivity index (χ0n) is 18.2. The Kier molecular flexibility index (Phi) is 6.19. The summed E-state index contributed by atoms with van der Waals surface area (Å²) in [5.41, 5.74) is -1.08. The number of non-ortho nitro benzene ring substituents is 1. The number of rotatable bonds is 5. The lowest BCUT2D eigenvalue weighted by Crippen LogP contribution is -2.37. The molecule has 0 atom stereocenters. The van der Waals surface area contributed by atoms with E-state index in [4.69, 9.17) is 0 Å². The van der Waals surface area contributed by atoms with Gasteiger partial charge in [-0.2, -0.15) is 13.2 Å². The van der Waals surface area contributed by atoms with Crippen molar-refractivity contribution >= 4 is 28.5 Å². The van der Waals surface area contributed by atoms with E-state index in [1.165, 1.54) is 55.1 Å². The average Bonchev–Trinajstić information content (AvgIpc) is 2.84. The second kappa shape index (κ2) is 8.98. The second-order valence-electron chi connectivity index (χ2n) is 7.54. The molecule has 0 amide bonds. The molecule has 9 nitrogen and oxygen atoms in total. The van der Waals surface area contributed by atoms with E-state index in [-0.39, 0.29) is 33.3 Å². The molecule has 35 heavy (non-hydrogen) atoms. The molecule has 0 N–H and O–H groups in total. The first-order valence-electron chi connectivity index (χ1n) is 9.99. The summed E-state index contributed by atoms with van der Waals surface area (Å²) in [5.74, 6) is 0.321. The van der Waals surface area contributed by atoms with E-state index in [1.807, 2.05) is 0 Å². The summed E-state index contributed by atoms with van der Waals surface area (Å²) in [5, 5.41) is 11.3. The van der Waals surface area contributed by atoms with Crippen LogP contribution in [0.3, 0.4) is 0 Å². The summed E-state index contributed by atoms with van der Waals surface area (Å²) in [6.07, 6.45) is -4.45. The van der Waals surface area contributed by atoms with Gasteiger partial charge < -0.3 is 0 Å². The number of fused-ring (bicyclic) bond motifs is 1. The van der Waals surface area contributed by atoms with Crippen LogP contribution in [-0.4, -0.2) is 24.0 Å². The van der Waals surface area contributed by atoms with Gasteiger partial charge in [-0.25, -0.2) is 14.8 Å². The van der Waals surface area contributed by atoms with Crippen molar-refractivity contribution in [3.63, 3.8) is 0 Å². The zero-order valence-corrected chi connectivity index (χ0v) is 19.1. The van der Waals surface area contributed by atoms with Crippen LogP contribution in [0.4, 0.5) is 18.9 Å². The first kappa shape index (κ1) is 24.1. The van der Waals surface area contributed by atoms with Crippen molar-refractivity contribution in [3.8, 4) is 11.4 Å². The molecule has 0 radical (unpaired) electrons. The lowest BCUT2D eigenvalue weighted by molar-refractivity contribution is -0.384. The van der Waals surface area contributed by atoms with Gasteiger partial charge in [0, 0.05) is 37.5 Å². The highest BCUT2D eigenvalue weighted by Crippen LogP contribution is 2.32. The fraction of sp³-hybridized carbons (Fsp3) is 0.182. The number of benzene rings is 2. The standard InChI is InChI=1S/C22H16F3N5O4S/c1-28-18-16(20(31)29(2)21(28)32)19(35-11-12-3-7-14(8-4-12)22(23,24)25)27-17(26-18)13-5-9-15(10-6-13)30(33)34/h3-10H,11H2,1-2H3. The van der Waals surface area contributed by atoms with Crippen LogP contribution in [0, 0.1) is 10.1 Å². The van der Waals surface area contributed by atoms with Crippen LogP contribution in [0.5, 0.6) is 0 Å². The van der Waals surface area contributed by atoms with Crippen molar-refractivity contribution in [1.82, 2.24) is 19.1 Å². The van der Waals surface area contributed by atoms with Gasteiger partial charge in [-0.1, -0.05) is 12.1 Å². The minimum Gasteiger partial charge on any atom is -0.280 e. The Labute approximate surface area is 199 Å². The van der Waals surface area contributed by atoms with E-state index in [9.17, 15) is 32.9 Å². The molecule has 2 heterocycles. The molecule has 0 spiro atoms.